The largest absolute Gasteiger partial charge is 0.490 e. The number of carbonyl (C=O) groups is 2. The highest BCUT2D eigenvalue weighted by atomic mass is 16.8. The van der Waals surface area contributed by atoms with Gasteiger partial charge in [0.1, 0.15) is 12.4 Å². The Morgan fingerprint density at radius 3 is 2.09 bits per heavy atom. The number of esters is 2. The Morgan fingerprint density at radius 2 is 1.56 bits per heavy atom. The van der Waals surface area contributed by atoms with Crippen molar-refractivity contribution in [2.75, 3.05) is 20.8 Å². The maximum Gasteiger partial charge on any atom is 0.338 e. The van der Waals surface area contributed by atoms with Crippen molar-refractivity contribution in [2.45, 2.75) is 63.9 Å². The minimum absolute atomic E-state index is 0.513. The minimum atomic E-state index is -1.17. The second kappa shape index (κ2) is 12.0. The van der Waals surface area contributed by atoms with Gasteiger partial charge in [-0.3, -0.25) is 0 Å². The van der Waals surface area contributed by atoms with Gasteiger partial charge < -0.3 is 23.7 Å². The molecule has 7 nitrogen and oxygen atoms in total. The lowest BCUT2D eigenvalue weighted by Crippen LogP contribution is -2.38. The summed E-state index contributed by atoms with van der Waals surface area (Å²) >= 11 is 0. The van der Waals surface area contributed by atoms with Gasteiger partial charge in [-0.2, -0.15) is 0 Å². The van der Waals surface area contributed by atoms with Crippen molar-refractivity contribution < 1.29 is 33.3 Å². The molecule has 0 aromatic heterocycles. The van der Waals surface area contributed by atoms with Crippen LogP contribution in [-0.2, 0) is 28.5 Å². The van der Waals surface area contributed by atoms with E-state index in [-0.39, 0.29) is 0 Å². The average molecular weight is 447 g/mol. The molecule has 1 heterocycles. The lowest BCUT2D eigenvalue weighted by Gasteiger charge is -2.26. The van der Waals surface area contributed by atoms with Crippen LogP contribution in [0.15, 0.2) is 36.4 Å². The standard InChI is InChI=1S/C25H34O7/c1-4-6-17-8-10-18(11-9-17)7-5-16-30-20-14-12-19(13-15-20)25-31-21(23(26)28-2)22(32-25)24(27)29-3/h5,7,12-15,17-18,21-22,25H,4,6,8-11,16H2,1-3H3/b7-5+/t17?,18?,21-,22-/m1/s1. The average Bonchev–Trinajstić information content (AvgIpc) is 3.28. The van der Waals surface area contributed by atoms with Gasteiger partial charge in [0, 0.05) is 5.56 Å². The zero-order valence-electron chi connectivity index (χ0n) is 19.2. The van der Waals surface area contributed by atoms with Crippen LogP contribution in [0.5, 0.6) is 5.75 Å². The molecule has 1 saturated carbocycles. The van der Waals surface area contributed by atoms with E-state index in [0.717, 1.165) is 11.7 Å². The van der Waals surface area contributed by atoms with Crippen LogP contribution >= 0.6 is 0 Å². The first-order chi connectivity index (χ1) is 15.5. The van der Waals surface area contributed by atoms with Crippen LogP contribution in [-0.4, -0.2) is 45.0 Å². The van der Waals surface area contributed by atoms with E-state index in [1.54, 1.807) is 12.1 Å². The molecule has 0 N–H and O–H groups in total. The van der Waals surface area contributed by atoms with E-state index in [1.165, 1.54) is 52.7 Å². The summed E-state index contributed by atoms with van der Waals surface area (Å²) in [7, 11) is 2.46. The Balaban J connectivity index is 1.48. The molecular weight excluding hydrogens is 412 g/mol. The van der Waals surface area contributed by atoms with Gasteiger partial charge in [0.05, 0.1) is 14.2 Å². The number of hydrogen-bond donors (Lipinski definition) is 0. The summed E-state index contributed by atoms with van der Waals surface area (Å²) in [6.07, 6.45) is 9.04. The molecule has 2 fully saturated rings. The second-order valence-electron chi connectivity index (χ2n) is 8.37. The van der Waals surface area contributed by atoms with Gasteiger partial charge in [0.2, 0.25) is 0 Å². The molecule has 1 saturated heterocycles. The Hall–Kier alpha value is -2.38. The van der Waals surface area contributed by atoms with E-state index in [2.05, 4.69) is 19.1 Å². The maximum absolute atomic E-state index is 11.9. The van der Waals surface area contributed by atoms with Crippen molar-refractivity contribution in [1.82, 2.24) is 0 Å². The Kier molecular flexibility index (Phi) is 9.11. The van der Waals surface area contributed by atoms with Gasteiger partial charge in [-0.15, -0.1) is 0 Å². The number of allylic oxidation sites excluding steroid dienone is 1. The quantitative estimate of drug-likeness (QED) is 0.412. The third-order valence-corrected chi connectivity index (χ3v) is 6.18. The van der Waals surface area contributed by atoms with Crippen molar-refractivity contribution in [2.24, 2.45) is 11.8 Å². The van der Waals surface area contributed by atoms with Crippen LogP contribution in [0.1, 0.15) is 57.3 Å². The Bertz CT molecular complexity index is 741. The second-order valence-corrected chi connectivity index (χ2v) is 8.37. The van der Waals surface area contributed by atoms with E-state index in [9.17, 15) is 9.59 Å². The summed E-state index contributed by atoms with van der Waals surface area (Å²) in [5.74, 6) is 0.924. The molecule has 0 amide bonds. The molecule has 1 aromatic rings. The van der Waals surface area contributed by atoms with Crippen molar-refractivity contribution in [3.05, 3.63) is 42.0 Å². The molecule has 176 valence electrons. The highest BCUT2D eigenvalue weighted by molar-refractivity contribution is 5.86. The summed E-state index contributed by atoms with van der Waals surface area (Å²) in [6.45, 7) is 2.78. The van der Waals surface area contributed by atoms with Crippen LogP contribution in [0.2, 0.25) is 0 Å². The van der Waals surface area contributed by atoms with Gasteiger partial charge in [-0.25, -0.2) is 9.59 Å². The lowest BCUT2D eigenvalue weighted by molar-refractivity contribution is -0.160. The first-order valence-corrected chi connectivity index (χ1v) is 11.4. The summed E-state index contributed by atoms with van der Waals surface area (Å²) in [5, 5.41) is 0. The summed E-state index contributed by atoms with van der Waals surface area (Å²) in [6, 6.07) is 7.19. The lowest BCUT2D eigenvalue weighted by atomic mass is 9.80. The van der Waals surface area contributed by atoms with Crippen molar-refractivity contribution in [1.29, 1.82) is 0 Å². The Morgan fingerprint density at radius 1 is 0.969 bits per heavy atom. The minimum Gasteiger partial charge on any atom is -0.490 e. The van der Waals surface area contributed by atoms with Gasteiger partial charge in [-0.05, 0) is 49.7 Å². The van der Waals surface area contributed by atoms with E-state index in [4.69, 9.17) is 23.7 Å². The van der Waals surface area contributed by atoms with Gasteiger partial charge in [0.25, 0.3) is 0 Å². The number of benzene rings is 1. The maximum atomic E-state index is 11.9. The van der Waals surface area contributed by atoms with E-state index >= 15 is 0 Å². The predicted octanol–water partition coefficient (Wildman–Crippen LogP) is 4.36. The van der Waals surface area contributed by atoms with Crippen LogP contribution in [0.4, 0.5) is 0 Å². The van der Waals surface area contributed by atoms with Crippen LogP contribution in [0.25, 0.3) is 0 Å². The molecule has 2 aliphatic rings. The molecule has 0 unspecified atom stereocenters. The predicted molar refractivity (Wildman–Crippen MR) is 118 cm³/mol. The fraction of sp³-hybridized carbons (Fsp3) is 0.600. The van der Waals surface area contributed by atoms with Gasteiger partial charge in [-0.1, -0.05) is 44.1 Å². The third-order valence-electron chi connectivity index (χ3n) is 6.18. The molecule has 2 atom stereocenters. The molecule has 32 heavy (non-hydrogen) atoms. The molecule has 0 spiro atoms. The molecule has 0 bridgehead atoms. The number of carbonyl (C=O) groups excluding carboxylic acids is 2. The van der Waals surface area contributed by atoms with E-state index in [1.807, 2.05) is 12.1 Å². The summed E-state index contributed by atoms with van der Waals surface area (Å²) < 4.78 is 26.4. The zero-order valence-corrected chi connectivity index (χ0v) is 19.2. The molecule has 7 heteroatoms. The van der Waals surface area contributed by atoms with Crippen molar-refractivity contribution in [3.63, 3.8) is 0 Å². The number of hydrogen-bond acceptors (Lipinski definition) is 7. The monoisotopic (exact) mass is 446 g/mol. The van der Waals surface area contributed by atoms with Crippen LogP contribution in [0.3, 0.4) is 0 Å². The van der Waals surface area contributed by atoms with E-state index < -0.39 is 30.4 Å². The number of rotatable bonds is 9. The fourth-order valence-electron chi connectivity index (χ4n) is 4.38. The fourth-order valence-corrected chi connectivity index (χ4v) is 4.38. The Labute approximate surface area is 190 Å². The van der Waals surface area contributed by atoms with Gasteiger partial charge >= 0.3 is 11.9 Å². The van der Waals surface area contributed by atoms with Crippen molar-refractivity contribution in [3.8, 4) is 5.75 Å². The summed E-state index contributed by atoms with van der Waals surface area (Å²) in [5.41, 5.74) is 0.664. The highest BCUT2D eigenvalue weighted by Crippen LogP contribution is 2.34. The smallest absolute Gasteiger partial charge is 0.338 e. The molecular formula is C25H34O7. The molecule has 1 aliphatic carbocycles. The topological polar surface area (TPSA) is 80.3 Å². The van der Waals surface area contributed by atoms with Gasteiger partial charge in [0.15, 0.2) is 18.5 Å². The molecule has 1 aromatic carbocycles. The third kappa shape index (κ3) is 6.33. The first kappa shape index (κ1) is 24.3. The van der Waals surface area contributed by atoms with Crippen molar-refractivity contribution >= 4 is 11.9 Å². The first-order valence-electron chi connectivity index (χ1n) is 11.4. The normalized spacial score (nSPS) is 26.2. The van der Waals surface area contributed by atoms with E-state index in [0.29, 0.717) is 18.1 Å². The number of ether oxygens (including phenoxy) is 5. The molecule has 3 rings (SSSR count). The zero-order chi connectivity index (χ0) is 22.9. The molecule has 0 radical (unpaired) electrons. The SMILES string of the molecule is CCCC1CCC(/C=C/COc2ccc(C3O[C@@H](C(=O)OC)[C@H](C(=O)OC)O3)cc2)CC1. The summed E-state index contributed by atoms with van der Waals surface area (Å²) in [4.78, 5) is 23.8. The van der Waals surface area contributed by atoms with Crippen LogP contribution < -0.4 is 4.74 Å². The highest BCUT2D eigenvalue weighted by Gasteiger charge is 2.47. The van der Waals surface area contributed by atoms with Crippen LogP contribution in [0, 0.1) is 11.8 Å². The molecule has 1 aliphatic heterocycles. The number of methoxy groups -OCH3 is 2.